The Balaban J connectivity index is 1.88. The van der Waals surface area contributed by atoms with Crippen LogP contribution >= 0.6 is 0 Å². The number of benzene rings is 2. The van der Waals surface area contributed by atoms with Crippen molar-refractivity contribution in [3.63, 3.8) is 0 Å². The zero-order valence-corrected chi connectivity index (χ0v) is 19.1. The number of hydrogen-bond acceptors (Lipinski definition) is 4. The zero-order chi connectivity index (χ0) is 22.7. The summed E-state index contributed by atoms with van der Waals surface area (Å²) >= 11 is 0. The number of methoxy groups -OCH3 is 1. The monoisotopic (exact) mass is 426 g/mol. The standard InChI is InChI=1S/C24H34N4O3/c1-6-25-23(26-14-15-31-21-12-10-20(30-5)11-13-21)27-17-18-8-7-9-19(16-18)22(29)28-24(2,3)4/h7-13,16H,6,14-15,17H2,1-5H3,(H,28,29)(H2,25,26,27). The van der Waals surface area contributed by atoms with Crippen molar-refractivity contribution in [2.24, 2.45) is 4.99 Å². The Bertz CT molecular complexity index is 858. The SMILES string of the molecule is CCNC(=NCc1cccc(C(=O)NC(C)(C)C)c1)NCCOc1ccc(OC)cc1. The topological polar surface area (TPSA) is 84.0 Å². The van der Waals surface area contributed by atoms with Crippen LogP contribution in [0.15, 0.2) is 53.5 Å². The van der Waals surface area contributed by atoms with Gasteiger partial charge in [-0.3, -0.25) is 4.79 Å². The van der Waals surface area contributed by atoms with Crippen LogP contribution in [0.2, 0.25) is 0 Å². The number of carbonyl (C=O) groups excluding carboxylic acids is 1. The number of ether oxygens (including phenoxy) is 2. The number of hydrogen-bond donors (Lipinski definition) is 3. The van der Waals surface area contributed by atoms with Crippen molar-refractivity contribution in [2.75, 3.05) is 26.8 Å². The molecule has 0 aromatic heterocycles. The van der Waals surface area contributed by atoms with Gasteiger partial charge in [-0.2, -0.15) is 0 Å². The summed E-state index contributed by atoms with van der Waals surface area (Å²) in [6, 6.07) is 15.0. The van der Waals surface area contributed by atoms with E-state index < -0.39 is 0 Å². The van der Waals surface area contributed by atoms with Crippen molar-refractivity contribution in [3.05, 3.63) is 59.7 Å². The van der Waals surface area contributed by atoms with Gasteiger partial charge in [-0.1, -0.05) is 12.1 Å². The second kappa shape index (κ2) is 11.8. The van der Waals surface area contributed by atoms with Gasteiger partial charge in [-0.25, -0.2) is 4.99 Å². The van der Waals surface area contributed by atoms with E-state index in [0.29, 0.717) is 31.2 Å². The molecule has 0 saturated heterocycles. The molecule has 31 heavy (non-hydrogen) atoms. The van der Waals surface area contributed by atoms with Gasteiger partial charge in [-0.15, -0.1) is 0 Å². The van der Waals surface area contributed by atoms with E-state index in [9.17, 15) is 4.79 Å². The molecular weight excluding hydrogens is 392 g/mol. The molecule has 0 aliphatic heterocycles. The van der Waals surface area contributed by atoms with Gasteiger partial charge in [0.1, 0.15) is 18.1 Å². The van der Waals surface area contributed by atoms with Crippen LogP contribution in [0.25, 0.3) is 0 Å². The summed E-state index contributed by atoms with van der Waals surface area (Å²) in [5.41, 5.74) is 1.32. The lowest BCUT2D eigenvalue weighted by molar-refractivity contribution is 0.0919. The molecule has 0 bridgehead atoms. The third kappa shape index (κ3) is 8.99. The molecule has 0 heterocycles. The molecule has 0 aliphatic rings. The van der Waals surface area contributed by atoms with Gasteiger partial charge < -0.3 is 25.4 Å². The lowest BCUT2D eigenvalue weighted by Gasteiger charge is -2.20. The summed E-state index contributed by atoms with van der Waals surface area (Å²) in [6.45, 7) is 10.2. The second-order valence-electron chi connectivity index (χ2n) is 8.05. The highest BCUT2D eigenvalue weighted by Crippen LogP contribution is 2.16. The van der Waals surface area contributed by atoms with Crippen LogP contribution in [0.5, 0.6) is 11.5 Å². The van der Waals surface area contributed by atoms with Gasteiger partial charge in [0.2, 0.25) is 0 Å². The van der Waals surface area contributed by atoms with E-state index >= 15 is 0 Å². The molecular formula is C24H34N4O3. The first-order valence-corrected chi connectivity index (χ1v) is 10.5. The summed E-state index contributed by atoms with van der Waals surface area (Å²) in [5, 5.41) is 9.47. The lowest BCUT2D eigenvalue weighted by Crippen LogP contribution is -2.40. The Morgan fingerprint density at radius 3 is 2.39 bits per heavy atom. The molecule has 1 amide bonds. The van der Waals surface area contributed by atoms with Gasteiger partial charge in [0.05, 0.1) is 20.2 Å². The van der Waals surface area contributed by atoms with Gasteiger partial charge in [-0.05, 0) is 69.7 Å². The van der Waals surface area contributed by atoms with Crippen LogP contribution in [0.3, 0.4) is 0 Å². The average molecular weight is 427 g/mol. The first-order valence-electron chi connectivity index (χ1n) is 10.5. The van der Waals surface area contributed by atoms with Crippen molar-refractivity contribution in [2.45, 2.75) is 39.8 Å². The molecule has 0 unspecified atom stereocenters. The maximum Gasteiger partial charge on any atom is 0.251 e. The van der Waals surface area contributed by atoms with E-state index in [1.165, 1.54) is 0 Å². The molecule has 0 aliphatic carbocycles. The molecule has 3 N–H and O–H groups in total. The number of rotatable bonds is 9. The van der Waals surface area contributed by atoms with Gasteiger partial charge in [0.25, 0.3) is 5.91 Å². The first kappa shape index (κ1) is 24.1. The fourth-order valence-corrected chi connectivity index (χ4v) is 2.75. The number of amides is 1. The number of aliphatic imine (C=N–C) groups is 1. The van der Waals surface area contributed by atoms with Crippen molar-refractivity contribution >= 4 is 11.9 Å². The summed E-state index contributed by atoms with van der Waals surface area (Å²) in [4.78, 5) is 17.0. The Kier molecular flexibility index (Phi) is 9.18. The number of nitrogens with one attached hydrogen (secondary N) is 3. The van der Waals surface area contributed by atoms with Crippen molar-refractivity contribution in [1.29, 1.82) is 0 Å². The van der Waals surface area contributed by atoms with E-state index in [4.69, 9.17) is 9.47 Å². The Morgan fingerprint density at radius 2 is 1.74 bits per heavy atom. The molecule has 0 spiro atoms. The predicted molar refractivity (Wildman–Crippen MR) is 125 cm³/mol. The Morgan fingerprint density at radius 1 is 1.03 bits per heavy atom. The smallest absolute Gasteiger partial charge is 0.251 e. The molecule has 7 nitrogen and oxygen atoms in total. The van der Waals surface area contributed by atoms with Gasteiger partial charge in [0, 0.05) is 17.6 Å². The maximum atomic E-state index is 12.4. The van der Waals surface area contributed by atoms with Crippen molar-refractivity contribution in [3.8, 4) is 11.5 Å². The second-order valence-corrected chi connectivity index (χ2v) is 8.05. The predicted octanol–water partition coefficient (Wildman–Crippen LogP) is 3.36. The van der Waals surface area contributed by atoms with E-state index in [1.54, 1.807) is 7.11 Å². The highest BCUT2D eigenvalue weighted by molar-refractivity contribution is 5.94. The first-order chi connectivity index (χ1) is 14.8. The minimum absolute atomic E-state index is 0.0842. The zero-order valence-electron chi connectivity index (χ0n) is 19.1. The van der Waals surface area contributed by atoms with Crippen molar-refractivity contribution < 1.29 is 14.3 Å². The number of nitrogens with zero attached hydrogens (tertiary/aromatic N) is 1. The van der Waals surface area contributed by atoms with E-state index in [2.05, 4.69) is 20.9 Å². The highest BCUT2D eigenvalue weighted by Gasteiger charge is 2.15. The van der Waals surface area contributed by atoms with Crippen LogP contribution in [-0.4, -0.2) is 44.2 Å². The van der Waals surface area contributed by atoms with Gasteiger partial charge >= 0.3 is 0 Å². The minimum atomic E-state index is -0.277. The maximum absolute atomic E-state index is 12.4. The average Bonchev–Trinajstić information content (AvgIpc) is 2.74. The molecule has 0 fully saturated rings. The largest absolute Gasteiger partial charge is 0.497 e. The molecule has 0 atom stereocenters. The molecule has 2 aromatic rings. The minimum Gasteiger partial charge on any atom is -0.497 e. The molecule has 2 aromatic carbocycles. The number of guanidine groups is 1. The van der Waals surface area contributed by atoms with Gasteiger partial charge in [0.15, 0.2) is 5.96 Å². The summed E-state index contributed by atoms with van der Waals surface area (Å²) in [5.74, 6) is 2.20. The Hall–Kier alpha value is -3.22. The summed E-state index contributed by atoms with van der Waals surface area (Å²) in [7, 11) is 1.64. The molecule has 0 saturated carbocycles. The third-order valence-electron chi connectivity index (χ3n) is 4.16. The molecule has 7 heteroatoms. The van der Waals surface area contributed by atoms with E-state index in [1.807, 2.05) is 76.2 Å². The van der Waals surface area contributed by atoms with E-state index in [-0.39, 0.29) is 11.4 Å². The van der Waals surface area contributed by atoms with Crippen LogP contribution in [0.1, 0.15) is 43.6 Å². The summed E-state index contributed by atoms with van der Waals surface area (Å²) < 4.78 is 10.9. The van der Waals surface area contributed by atoms with Crippen molar-refractivity contribution in [1.82, 2.24) is 16.0 Å². The number of carbonyl (C=O) groups is 1. The van der Waals surface area contributed by atoms with Crippen LogP contribution in [-0.2, 0) is 6.54 Å². The molecule has 2 rings (SSSR count). The van der Waals surface area contributed by atoms with E-state index in [0.717, 1.165) is 23.6 Å². The highest BCUT2D eigenvalue weighted by atomic mass is 16.5. The lowest BCUT2D eigenvalue weighted by atomic mass is 10.1. The molecule has 0 radical (unpaired) electrons. The normalized spacial score (nSPS) is 11.6. The van der Waals surface area contributed by atoms with Crippen LogP contribution < -0.4 is 25.4 Å². The van der Waals surface area contributed by atoms with Crippen LogP contribution in [0.4, 0.5) is 0 Å². The fourth-order valence-electron chi connectivity index (χ4n) is 2.75. The fraction of sp³-hybridized carbons (Fsp3) is 0.417. The Labute approximate surface area is 185 Å². The van der Waals surface area contributed by atoms with Crippen LogP contribution in [0, 0.1) is 0 Å². The summed E-state index contributed by atoms with van der Waals surface area (Å²) in [6.07, 6.45) is 0. The molecule has 168 valence electrons. The third-order valence-corrected chi connectivity index (χ3v) is 4.16. The quantitative estimate of drug-likeness (QED) is 0.325.